The lowest BCUT2D eigenvalue weighted by Gasteiger charge is -2.39. The number of carbonyl (C=O) groups is 5. The second-order valence-electron chi connectivity index (χ2n) is 16.2. The van der Waals surface area contributed by atoms with Crippen LogP contribution in [0.25, 0.3) is 0 Å². The lowest BCUT2D eigenvalue weighted by atomic mass is 9.90. The molecule has 322 valence electrons. The normalized spacial score (nSPS) is 17.8. The van der Waals surface area contributed by atoms with E-state index in [0.29, 0.717) is 18.7 Å². The zero-order valence-corrected chi connectivity index (χ0v) is 36.3. The third-order valence-electron chi connectivity index (χ3n) is 11.5. The molecule has 0 saturated carbocycles. The van der Waals surface area contributed by atoms with Crippen molar-refractivity contribution in [2.24, 2.45) is 17.8 Å². The zero-order chi connectivity index (χ0) is 43.1. The number of nitrogens with one attached hydrogen (secondary N) is 3. The van der Waals surface area contributed by atoms with Gasteiger partial charge in [0.25, 0.3) is 0 Å². The Hall–Kier alpha value is -4.53. The Morgan fingerprint density at radius 3 is 2.09 bits per heavy atom. The van der Waals surface area contributed by atoms with Gasteiger partial charge in [-0.2, -0.15) is 0 Å². The summed E-state index contributed by atoms with van der Waals surface area (Å²) in [7, 11) is 8.44. The van der Waals surface area contributed by atoms with E-state index in [1.165, 1.54) is 7.11 Å². The number of nitrogen functional groups attached to an aromatic ring is 1. The lowest BCUT2D eigenvalue weighted by Crippen LogP contribution is -2.55. The Morgan fingerprint density at radius 1 is 0.862 bits per heavy atom. The van der Waals surface area contributed by atoms with Crippen LogP contribution in [0.15, 0.2) is 54.6 Å². The van der Waals surface area contributed by atoms with Crippen LogP contribution in [-0.2, 0) is 46.4 Å². The van der Waals surface area contributed by atoms with Crippen molar-refractivity contribution < 1.29 is 33.4 Å². The molecule has 5 amide bonds. The van der Waals surface area contributed by atoms with Crippen LogP contribution >= 0.6 is 0 Å². The van der Waals surface area contributed by atoms with E-state index >= 15 is 0 Å². The average molecular weight is 808 g/mol. The minimum atomic E-state index is -0.859. The van der Waals surface area contributed by atoms with Gasteiger partial charge in [-0.15, -0.1) is 0 Å². The van der Waals surface area contributed by atoms with Crippen molar-refractivity contribution in [3.63, 3.8) is 0 Å². The molecule has 1 heterocycles. The molecule has 2 aromatic carbocycles. The first-order chi connectivity index (χ1) is 27.5. The standard InChI is InChI=1S/C44H69N7O7/c1-11-29(4)40(50(8)38(53)27-47-44(56)39(28(2)3)49(6)7)36(57-9)25-37(52)51-23-15-18-35(51)41(58-10)30(5)42(54)48-34(24-31-16-13-12-14-17-31)43(55)46-26-32-19-21-33(45)22-20-32/h12-14,16-17,19-22,28-30,34-36,39-41H,11,15,18,23-27,45H2,1-10H3,(H,46,55)(H,47,56)(H,48,54)/t29-,30+,34-,35-,36+,39-,40-,41+/m0/s1. The Kier molecular flexibility index (Phi) is 19.1. The summed E-state index contributed by atoms with van der Waals surface area (Å²) in [5.74, 6) is -2.03. The summed E-state index contributed by atoms with van der Waals surface area (Å²) in [6.07, 6.45) is 1.09. The third-order valence-corrected chi connectivity index (χ3v) is 11.5. The molecule has 0 unspecified atom stereocenters. The fourth-order valence-corrected chi connectivity index (χ4v) is 8.16. The molecule has 1 aliphatic rings. The second-order valence-corrected chi connectivity index (χ2v) is 16.2. The highest BCUT2D eigenvalue weighted by atomic mass is 16.5. The van der Waals surface area contributed by atoms with Crippen molar-refractivity contribution in [1.29, 1.82) is 0 Å². The van der Waals surface area contributed by atoms with Gasteiger partial charge in [0.05, 0.1) is 49.2 Å². The number of hydrogen-bond donors (Lipinski definition) is 4. The molecule has 0 aromatic heterocycles. The monoisotopic (exact) mass is 808 g/mol. The fourth-order valence-electron chi connectivity index (χ4n) is 8.16. The molecule has 0 spiro atoms. The van der Waals surface area contributed by atoms with E-state index in [9.17, 15) is 24.0 Å². The van der Waals surface area contributed by atoms with E-state index in [0.717, 1.165) is 24.0 Å². The number of methoxy groups -OCH3 is 2. The van der Waals surface area contributed by atoms with Crippen LogP contribution in [0.1, 0.15) is 71.4 Å². The van der Waals surface area contributed by atoms with E-state index in [-0.39, 0.29) is 73.3 Å². The number of anilines is 1. The van der Waals surface area contributed by atoms with Crippen LogP contribution < -0.4 is 21.7 Å². The largest absolute Gasteiger partial charge is 0.399 e. The van der Waals surface area contributed by atoms with Gasteiger partial charge in [0.15, 0.2) is 0 Å². The minimum absolute atomic E-state index is 0.00633. The summed E-state index contributed by atoms with van der Waals surface area (Å²) in [6, 6.07) is 14.6. The van der Waals surface area contributed by atoms with Gasteiger partial charge in [-0.05, 0) is 62.0 Å². The molecule has 14 nitrogen and oxygen atoms in total. The van der Waals surface area contributed by atoms with Gasteiger partial charge < -0.3 is 41.0 Å². The van der Waals surface area contributed by atoms with Gasteiger partial charge in [-0.1, -0.05) is 83.5 Å². The molecule has 0 bridgehead atoms. The van der Waals surface area contributed by atoms with Gasteiger partial charge in [0, 0.05) is 46.5 Å². The molecule has 3 rings (SSSR count). The molecule has 8 atom stereocenters. The highest BCUT2D eigenvalue weighted by molar-refractivity contribution is 5.89. The predicted octanol–water partition coefficient (Wildman–Crippen LogP) is 3.24. The summed E-state index contributed by atoms with van der Waals surface area (Å²) < 4.78 is 11.9. The number of nitrogens with zero attached hydrogens (tertiary/aromatic N) is 3. The van der Waals surface area contributed by atoms with E-state index in [4.69, 9.17) is 15.2 Å². The van der Waals surface area contributed by atoms with Gasteiger partial charge in [-0.25, -0.2) is 0 Å². The van der Waals surface area contributed by atoms with Gasteiger partial charge in [0.1, 0.15) is 6.04 Å². The zero-order valence-electron chi connectivity index (χ0n) is 36.3. The van der Waals surface area contributed by atoms with Gasteiger partial charge >= 0.3 is 0 Å². The second kappa shape index (κ2) is 23.2. The highest BCUT2D eigenvalue weighted by Crippen LogP contribution is 2.29. The van der Waals surface area contributed by atoms with E-state index in [1.54, 1.807) is 43.0 Å². The first-order valence-corrected chi connectivity index (χ1v) is 20.6. The molecule has 14 heteroatoms. The number of nitrogens with two attached hydrogens (primary N) is 1. The Bertz CT molecular complexity index is 1620. The van der Waals surface area contributed by atoms with Crippen molar-refractivity contribution in [3.8, 4) is 0 Å². The number of likely N-dealkylation sites (N-methyl/N-ethyl adjacent to an activating group) is 2. The maximum absolute atomic E-state index is 14.2. The Morgan fingerprint density at radius 2 is 1.52 bits per heavy atom. The van der Waals surface area contributed by atoms with E-state index < -0.39 is 36.3 Å². The summed E-state index contributed by atoms with van der Waals surface area (Å²) in [6.45, 7) is 10.3. The average Bonchev–Trinajstić information content (AvgIpc) is 3.68. The number of amides is 5. The molecule has 58 heavy (non-hydrogen) atoms. The van der Waals surface area contributed by atoms with Crippen LogP contribution in [-0.4, -0.2) is 129 Å². The lowest BCUT2D eigenvalue weighted by molar-refractivity contribution is -0.146. The van der Waals surface area contributed by atoms with Crippen molar-refractivity contribution in [2.75, 3.05) is 54.2 Å². The highest BCUT2D eigenvalue weighted by Gasteiger charge is 2.42. The molecule has 0 aliphatic carbocycles. The maximum Gasteiger partial charge on any atom is 0.243 e. The molecule has 1 fully saturated rings. The minimum Gasteiger partial charge on any atom is -0.399 e. The summed E-state index contributed by atoms with van der Waals surface area (Å²) in [4.78, 5) is 73.5. The Balaban J connectivity index is 1.73. The maximum atomic E-state index is 14.2. The molecule has 0 radical (unpaired) electrons. The molecule has 1 saturated heterocycles. The third kappa shape index (κ3) is 13.3. The first kappa shape index (κ1) is 47.8. The van der Waals surface area contributed by atoms with Gasteiger partial charge in [-0.3, -0.25) is 28.9 Å². The van der Waals surface area contributed by atoms with E-state index in [1.807, 2.05) is 89.2 Å². The smallest absolute Gasteiger partial charge is 0.243 e. The van der Waals surface area contributed by atoms with Crippen molar-refractivity contribution in [3.05, 3.63) is 65.7 Å². The van der Waals surface area contributed by atoms with Crippen molar-refractivity contribution >= 4 is 35.2 Å². The molecular formula is C44H69N7O7. The Labute approximate surface area is 345 Å². The van der Waals surface area contributed by atoms with Crippen LogP contribution in [0.5, 0.6) is 0 Å². The van der Waals surface area contributed by atoms with Crippen LogP contribution in [0, 0.1) is 17.8 Å². The summed E-state index contributed by atoms with van der Waals surface area (Å²) in [5.41, 5.74) is 8.21. The number of benzene rings is 2. The number of hydrogen-bond acceptors (Lipinski definition) is 9. The molecule has 2 aromatic rings. The number of carbonyl (C=O) groups excluding carboxylic acids is 5. The SMILES string of the molecule is CC[C@H](C)[C@@H]([C@@H](CC(=O)N1CCC[C@H]1[C@H](OC)[C@@H](C)C(=O)N[C@@H](Cc1ccccc1)C(=O)NCc1ccc(N)cc1)OC)N(C)C(=O)CNC(=O)[C@H](C(C)C)N(C)C. The summed E-state index contributed by atoms with van der Waals surface area (Å²) in [5, 5.41) is 8.75. The molecule has 5 N–H and O–H groups in total. The predicted molar refractivity (Wildman–Crippen MR) is 226 cm³/mol. The van der Waals surface area contributed by atoms with Crippen LogP contribution in [0.3, 0.4) is 0 Å². The molecular weight excluding hydrogens is 739 g/mol. The number of ether oxygens (including phenoxy) is 2. The van der Waals surface area contributed by atoms with Gasteiger partial charge in [0.2, 0.25) is 29.5 Å². The first-order valence-electron chi connectivity index (χ1n) is 20.6. The number of rotatable bonds is 22. The van der Waals surface area contributed by atoms with E-state index in [2.05, 4.69) is 16.0 Å². The topological polar surface area (TPSA) is 176 Å². The van der Waals surface area contributed by atoms with Crippen molar-refractivity contribution in [1.82, 2.24) is 30.7 Å². The number of likely N-dealkylation sites (tertiary alicyclic amines) is 1. The van der Waals surface area contributed by atoms with Crippen LogP contribution in [0.4, 0.5) is 5.69 Å². The molecule has 1 aliphatic heterocycles. The van der Waals surface area contributed by atoms with Crippen molar-refractivity contribution in [2.45, 2.75) is 110 Å². The summed E-state index contributed by atoms with van der Waals surface area (Å²) >= 11 is 0. The quantitative estimate of drug-likeness (QED) is 0.130. The van der Waals surface area contributed by atoms with Crippen LogP contribution in [0.2, 0.25) is 0 Å². The fraction of sp³-hybridized carbons (Fsp3) is 0.614.